The van der Waals surface area contributed by atoms with Crippen LogP contribution in [0.4, 0.5) is 10.6 Å². The van der Waals surface area contributed by atoms with E-state index < -0.39 is 5.60 Å². The van der Waals surface area contributed by atoms with E-state index in [4.69, 9.17) is 9.47 Å². The molecular formula is C24H27Br2N3O4S. The van der Waals surface area contributed by atoms with Gasteiger partial charge in [-0.15, -0.1) is 11.3 Å². The van der Waals surface area contributed by atoms with E-state index in [-0.39, 0.29) is 17.6 Å². The summed E-state index contributed by atoms with van der Waals surface area (Å²) in [6, 6.07) is 7.24. The normalized spacial score (nSPS) is 15.5. The van der Waals surface area contributed by atoms with Gasteiger partial charge >= 0.3 is 6.09 Å². The van der Waals surface area contributed by atoms with Crippen molar-refractivity contribution in [2.45, 2.75) is 45.3 Å². The predicted molar refractivity (Wildman–Crippen MR) is 143 cm³/mol. The summed E-state index contributed by atoms with van der Waals surface area (Å²) in [5.41, 5.74) is 1.16. The summed E-state index contributed by atoms with van der Waals surface area (Å²) in [5.74, 6) is 1.43. The zero-order valence-corrected chi connectivity index (χ0v) is 23.2. The van der Waals surface area contributed by atoms with Crippen LogP contribution in [0.1, 0.15) is 45.2 Å². The van der Waals surface area contributed by atoms with Crippen LogP contribution >= 0.6 is 43.2 Å². The van der Waals surface area contributed by atoms with Crippen molar-refractivity contribution in [2.75, 3.05) is 25.0 Å². The van der Waals surface area contributed by atoms with E-state index in [9.17, 15) is 9.59 Å². The minimum absolute atomic E-state index is 0.00315. The molecule has 0 bridgehead atoms. The molecule has 3 aromatic rings. The Kier molecular flexibility index (Phi) is 7.59. The molecule has 0 radical (unpaired) electrons. The summed E-state index contributed by atoms with van der Waals surface area (Å²) in [6.45, 7) is 7.19. The molecule has 182 valence electrons. The number of pyridine rings is 1. The number of rotatable bonds is 6. The summed E-state index contributed by atoms with van der Waals surface area (Å²) < 4.78 is 14.1. The molecule has 1 atom stereocenters. The third kappa shape index (κ3) is 5.78. The quantitative estimate of drug-likeness (QED) is 0.304. The smallest absolute Gasteiger partial charge is 0.410 e. The van der Waals surface area contributed by atoms with Crippen LogP contribution < -0.4 is 15.5 Å². The van der Waals surface area contributed by atoms with Crippen LogP contribution in [0.15, 0.2) is 43.4 Å². The lowest BCUT2D eigenvalue weighted by Gasteiger charge is -2.37. The minimum atomic E-state index is -0.602. The number of aromatic nitrogens is 1. The summed E-state index contributed by atoms with van der Waals surface area (Å²) in [4.78, 5) is 30.5. The monoisotopic (exact) mass is 611 g/mol. The van der Waals surface area contributed by atoms with Gasteiger partial charge in [0.25, 0.3) is 0 Å². The second-order valence-corrected chi connectivity index (χ2v) is 11.8. The topological polar surface area (TPSA) is 83.7 Å². The van der Waals surface area contributed by atoms with E-state index in [1.54, 1.807) is 11.0 Å². The van der Waals surface area contributed by atoms with Crippen molar-refractivity contribution in [2.24, 2.45) is 0 Å². The number of aromatic amines is 1. The number of carbonyl (C=O) groups excluding carboxylic acids is 1. The van der Waals surface area contributed by atoms with Crippen molar-refractivity contribution in [3.05, 3.63) is 54.4 Å². The van der Waals surface area contributed by atoms with Gasteiger partial charge in [0.1, 0.15) is 17.2 Å². The molecule has 10 heteroatoms. The summed E-state index contributed by atoms with van der Waals surface area (Å²) in [7, 11) is 0. The van der Waals surface area contributed by atoms with Gasteiger partial charge in [-0.3, -0.25) is 4.79 Å². The molecule has 1 aliphatic heterocycles. The Balaban J connectivity index is 1.50. The predicted octanol–water partition coefficient (Wildman–Crippen LogP) is 6.68. The standard InChI is InChI=1S/C24H27Br2N3O4S/c1-24(2,3)33-23(31)29(18-5-9-32-21-15(18)11-14(25)12-16(21)26)8-4-7-27-20-13-19(30)22-17(28-20)6-10-34-22/h6,10-13,18H,4-5,7-9H2,1-3H3,(H2,27,28,30)/t18-/m1/s1. The number of ether oxygens (including phenoxy) is 2. The largest absolute Gasteiger partial charge is 0.492 e. The van der Waals surface area contributed by atoms with Gasteiger partial charge in [0, 0.05) is 35.6 Å². The van der Waals surface area contributed by atoms with Crippen molar-refractivity contribution in [1.82, 2.24) is 9.88 Å². The van der Waals surface area contributed by atoms with Gasteiger partial charge in [0.2, 0.25) is 5.43 Å². The molecule has 3 heterocycles. The Morgan fingerprint density at radius 2 is 2.12 bits per heavy atom. The molecule has 1 aromatic carbocycles. The van der Waals surface area contributed by atoms with E-state index in [0.29, 0.717) is 38.4 Å². The molecule has 0 fully saturated rings. The number of carbonyl (C=O) groups is 1. The van der Waals surface area contributed by atoms with Crippen LogP contribution in [0.2, 0.25) is 0 Å². The van der Waals surface area contributed by atoms with Gasteiger partial charge in [-0.25, -0.2) is 4.79 Å². The molecule has 1 aliphatic rings. The Hall–Kier alpha value is -2.04. The van der Waals surface area contributed by atoms with Crippen LogP contribution in [0, 0.1) is 0 Å². The van der Waals surface area contributed by atoms with Crippen LogP contribution in [0.25, 0.3) is 10.2 Å². The minimum Gasteiger partial charge on any atom is -0.492 e. The third-order valence-corrected chi connectivity index (χ3v) is 7.34. The van der Waals surface area contributed by atoms with Gasteiger partial charge in [-0.05, 0) is 66.7 Å². The number of anilines is 1. The molecule has 7 nitrogen and oxygen atoms in total. The highest BCUT2D eigenvalue weighted by molar-refractivity contribution is 9.11. The van der Waals surface area contributed by atoms with Crippen molar-refractivity contribution < 1.29 is 14.3 Å². The van der Waals surface area contributed by atoms with Crippen LogP contribution in [0.3, 0.4) is 0 Å². The molecule has 0 aliphatic carbocycles. The average molecular weight is 613 g/mol. The average Bonchev–Trinajstić information content (AvgIpc) is 3.22. The van der Waals surface area contributed by atoms with E-state index >= 15 is 0 Å². The number of benzene rings is 1. The highest BCUT2D eigenvalue weighted by Crippen LogP contribution is 2.43. The first-order chi connectivity index (χ1) is 16.1. The molecule has 2 aromatic heterocycles. The van der Waals surface area contributed by atoms with Gasteiger partial charge < -0.3 is 24.7 Å². The number of nitrogens with zero attached hydrogens (tertiary/aromatic N) is 1. The molecule has 4 rings (SSSR count). The zero-order chi connectivity index (χ0) is 24.5. The number of fused-ring (bicyclic) bond motifs is 2. The lowest BCUT2D eigenvalue weighted by Crippen LogP contribution is -2.42. The number of halogens is 2. The number of nitrogens with one attached hydrogen (secondary N) is 2. The maximum Gasteiger partial charge on any atom is 0.410 e. The molecule has 34 heavy (non-hydrogen) atoms. The molecule has 0 saturated heterocycles. The van der Waals surface area contributed by atoms with Gasteiger partial charge in [-0.2, -0.15) is 0 Å². The van der Waals surface area contributed by atoms with Crippen LogP contribution in [-0.2, 0) is 4.74 Å². The van der Waals surface area contributed by atoms with Crippen molar-refractivity contribution in [3.8, 4) is 5.75 Å². The molecule has 2 N–H and O–H groups in total. The first-order valence-electron chi connectivity index (χ1n) is 11.1. The lowest BCUT2D eigenvalue weighted by molar-refractivity contribution is 0.0113. The van der Waals surface area contributed by atoms with E-state index in [2.05, 4.69) is 42.2 Å². The van der Waals surface area contributed by atoms with Crippen LogP contribution in [-0.4, -0.2) is 41.3 Å². The fourth-order valence-corrected chi connectivity index (χ4v) is 6.10. The van der Waals surface area contributed by atoms with Crippen molar-refractivity contribution in [3.63, 3.8) is 0 Å². The number of H-pyrrole nitrogens is 1. The maximum absolute atomic E-state index is 13.2. The van der Waals surface area contributed by atoms with E-state index in [0.717, 1.165) is 30.5 Å². The molecule has 0 saturated carbocycles. The Bertz CT molecular complexity index is 1250. The van der Waals surface area contributed by atoms with Crippen molar-refractivity contribution >= 4 is 65.3 Å². The molecular weight excluding hydrogens is 586 g/mol. The number of thiophene rings is 1. The Morgan fingerprint density at radius 3 is 2.88 bits per heavy atom. The van der Waals surface area contributed by atoms with Crippen LogP contribution in [0.5, 0.6) is 5.75 Å². The number of hydrogen-bond donors (Lipinski definition) is 2. The maximum atomic E-state index is 13.2. The highest BCUT2D eigenvalue weighted by atomic mass is 79.9. The summed E-state index contributed by atoms with van der Waals surface area (Å²) in [5, 5.41) is 5.18. The fourth-order valence-electron chi connectivity index (χ4n) is 3.97. The Morgan fingerprint density at radius 1 is 1.32 bits per heavy atom. The second kappa shape index (κ2) is 10.3. The number of amides is 1. The zero-order valence-electron chi connectivity index (χ0n) is 19.2. The third-order valence-electron chi connectivity index (χ3n) is 5.36. The van der Waals surface area contributed by atoms with Crippen molar-refractivity contribution in [1.29, 1.82) is 0 Å². The van der Waals surface area contributed by atoms with Gasteiger partial charge in [0.15, 0.2) is 0 Å². The second-order valence-electron chi connectivity index (χ2n) is 9.12. The van der Waals surface area contributed by atoms with Gasteiger partial charge in [0.05, 0.1) is 27.3 Å². The lowest BCUT2D eigenvalue weighted by atomic mass is 9.99. The molecule has 0 unspecified atom stereocenters. The van der Waals surface area contributed by atoms with E-state index in [1.165, 1.54) is 11.3 Å². The fraction of sp³-hybridized carbons (Fsp3) is 0.417. The molecule has 1 amide bonds. The first-order valence-corrected chi connectivity index (χ1v) is 13.5. The van der Waals surface area contributed by atoms with Gasteiger partial charge in [-0.1, -0.05) is 15.9 Å². The molecule has 0 spiro atoms. The first kappa shape index (κ1) is 25.1. The van der Waals surface area contributed by atoms with E-state index in [1.807, 2.05) is 44.4 Å². The SMILES string of the molecule is CC(C)(C)OC(=O)N(CCCNc1cc(=O)c2sccc2[nH]1)[C@@H]1CCOc2c(Br)cc(Br)cc21. The Labute approximate surface area is 219 Å². The number of hydrogen-bond acceptors (Lipinski definition) is 6. The summed E-state index contributed by atoms with van der Waals surface area (Å²) in [6.07, 6.45) is 0.991. The summed E-state index contributed by atoms with van der Waals surface area (Å²) >= 11 is 8.56. The highest BCUT2D eigenvalue weighted by Gasteiger charge is 2.34.